The number of benzene rings is 3. The molecule has 9 heteroatoms. The Hall–Kier alpha value is -2.58. The highest BCUT2D eigenvalue weighted by Crippen LogP contribution is 2.30. The molecule has 3 aromatic carbocycles. The van der Waals surface area contributed by atoms with Gasteiger partial charge in [-0.15, -0.1) is 11.8 Å². The van der Waals surface area contributed by atoms with Crippen molar-refractivity contribution >= 4 is 75.0 Å². The maximum atomic E-state index is 12.2. The number of aromatic nitrogens is 1. The molecular formula is C22H15Cl2N3O2S2. The van der Waals surface area contributed by atoms with Crippen molar-refractivity contribution in [3.8, 4) is 11.5 Å². The van der Waals surface area contributed by atoms with Gasteiger partial charge in [-0.2, -0.15) is 0 Å². The first-order valence-electron chi connectivity index (χ1n) is 9.12. The zero-order valence-corrected chi connectivity index (χ0v) is 19.0. The number of halogens is 2. The van der Waals surface area contributed by atoms with Crippen LogP contribution in [0.25, 0.3) is 22.6 Å². The van der Waals surface area contributed by atoms with E-state index in [-0.39, 0.29) is 16.8 Å². The van der Waals surface area contributed by atoms with E-state index < -0.39 is 0 Å². The minimum Gasteiger partial charge on any atom is -0.436 e. The van der Waals surface area contributed by atoms with E-state index in [4.69, 9.17) is 39.8 Å². The second kappa shape index (κ2) is 9.70. The second-order valence-corrected chi connectivity index (χ2v) is 8.73. The molecule has 0 saturated carbocycles. The van der Waals surface area contributed by atoms with E-state index in [2.05, 4.69) is 15.6 Å². The smallest absolute Gasteiger partial charge is 0.236 e. The van der Waals surface area contributed by atoms with Crippen LogP contribution in [0.4, 0.5) is 5.69 Å². The van der Waals surface area contributed by atoms with Crippen LogP contribution in [0.5, 0.6) is 0 Å². The van der Waals surface area contributed by atoms with Gasteiger partial charge >= 0.3 is 0 Å². The van der Waals surface area contributed by atoms with Gasteiger partial charge in [-0.05, 0) is 66.8 Å². The molecule has 0 spiro atoms. The number of hydrogen-bond donors (Lipinski definition) is 2. The highest BCUT2D eigenvalue weighted by molar-refractivity contribution is 8.00. The third kappa shape index (κ3) is 5.57. The minimum atomic E-state index is -0.233. The van der Waals surface area contributed by atoms with Crippen molar-refractivity contribution in [1.82, 2.24) is 10.3 Å². The van der Waals surface area contributed by atoms with Crippen LogP contribution in [0.15, 0.2) is 76.0 Å². The van der Waals surface area contributed by atoms with Crippen LogP contribution in [0, 0.1) is 0 Å². The Morgan fingerprint density at radius 3 is 2.61 bits per heavy atom. The molecule has 0 aliphatic rings. The topological polar surface area (TPSA) is 67.2 Å². The molecule has 2 N–H and O–H groups in total. The first-order chi connectivity index (χ1) is 15.0. The molecule has 156 valence electrons. The summed E-state index contributed by atoms with van der Waals surface area (Å²) in [5.41, 5.74) is 2.73. The Balaban J connectivity index is 1.40. The normalized spacial score (nSPS) is 10.8. The number of oxazole rings is 1. The first kappa shape index (κ1) is 21.6. The molecule has 4 rings (SSSR count). The summed E-state index contributed by atoms with van der Waals surface area (Å²) in [7, 11) is 0. The van der Waals surface area contributed by atoms with Crippen LogP contribution in [-0.4, -0.2) is 21.8 Å². The molecule has 1 aromatic heterocycles. The van der Waals surface area contributed by atoms with Gasteiger partial charge in [-0.1, -0.05) is 35.3 Å². The second-order valence-electron chi connectivity index (χ2n) is 6.43. The Morgan fingerprint density at radius 1 is 1.06 bits per heavy atom. The molecule has 5 nitrogen and oxygen atoms in total. The Morgan fingerprint density at radius 2 is 1.84 bits per heavy atom. The molecule has 31 heavy (non-hydrogen) atoms. The maximum absolute atomic E-state index is 12.2. The number of nitrogens with one attached hydrogen (secondary N) is 2. The van der Waals surface area contributed by atoms with Crippen LogP contribution in [-0.2, 0) is 4.79 Å². The van der Waals surface area contributed by atoms with Gasteiger partial charge in [0.15, 0.2) is 10.7 Å². The number of carbonyl (C=O) groups is 1. The summed E-state index contributed by atoms with van der Waals surface area (Å²) < 4.78 is 5.80. The Kier molecular flexibility index (Phi) is 6.77. The van der Waals surface area contributed by atoms with Crippen LogP contribution < -0.4 is 10.6 Å². The van der Waals surface area contributed by atoms with Gasteiger partial charge in [-0.3, -0.25) is 4.79 Å². The molecule has 0 unspecified atom stereocenters. The lowest BCUT2D eigenvalue weighted by atomic mass is 10.2. The number of hydrogen-bond acceptors (Lipinski definition) is 5. The molecule has 0 fully saturated rings. The predicted molar refractivity (Wildman–Crippen MR) is 131 cm³/mol. The molecule has 0 aliphatic carbocycles. The van der Waals surface area contributed by atoms with Gasteiger partial charge in [0.25, 0.3) is 0 Å². The molecule has 0 saturated heterocycles. The zero-order valence-electron chi connectivity index (χ0n) is 15.9. The standard InChI is InChI=1S/C22H15Cl2N3O2S2/c23-14-6-8-15(9-7-14)31-12-20(28)27-22(30)26-18-11-13(5-10-16(18)24)21-25-17-3-1-2-4-19(17)29-21/h1-11H,12H2,(H2,26,27,28,30). The van der Waals surface area contributed by atoms with Crippen LogP contribution in [0.2, 0.25) is 10.0 Å². The number of nitrogens with zero attached hydrogens (tertiary/aromatic N) is 1. The number of rotatable bonds is 5. The fourth-order valence-electron chi connectivity index (χ4n) is 2.75. The van der Waals surface area contributed by atoms with Gasteiger partial charge in [0.1, 0.15) is 5.52 Å². The van der Waals surface area contributed by atoms with Crippen molar-refractivity contribution in [2.24, 2.45) is 0 Å². The van der Waals surface area contributed by atoms with Crippen LogP contribution in [0.3, 0.4) is 0 Å². The average molecular weight is 488 g/mol. The summed E-state index contributed by atoms with van der Waals surface area (Å²) >= 11 is 18.8. The number of para-hydroxylation sites is 2. The van der Waals surface area contributed by atoms with Gasteiger partial charge in [0.05, 0.1) is 16.5 Å². The van der Waals surface area contributed by atoms with Crippen molar-refractivity contribution in [2.75, 3.05) is 11.1 Å². The summed E-state index contributed by atoms with van der Waals surface area (Å²) in [5, 5.41) is 6.87. The number of amides is 1. The predicted octanol–water partition coefficient (Wildman–Crippen LogP) is 6.41. The minimum absolute atomic E-state index is 0.151. The SMILES string of the molecule is O=C(CSc1ccc(Cl)cc1)NC(=S)Nc1cc(-c2nc3ccccc3o2)ccc1Cl. The van der Waals surface area contributed by atoms with Crippen molar-refractivity contribution in [3.63, 3.8) is 0 Å². The third-order valence-electron chi connectivity index (χ3n) is 4.19. The number of carbonyl (C=O) groups excluding carboxylic acids is 1. The van der Waals surface area contributed by atoms with Gasteiger partial charge in [0.2, 0.25) is 11.8 Å². The molecule has 1 amide bonds. The molecule has 0 radical (unpaired) electrons. The molecule has 0 atom stereocenters. The lowest BCUT2D eigenvalue weighted by Gasteiger charge is -2.11. The Bertz CT molecular complexity index is 1230. The average Bonchev–Trinajstić information content (AvgIpc) is 3.19. The van der Waals surface area contributed by atoms with E-state index in [0.717, 1.165) is 16.0 Å². The van der Waals surface area contributed by atoms with E-state index in [1.54, 1.807) is 24.3 Å². The number of thioether (sulfide) groups is 1. The van der Waals surface area contributed by atoms with E-state index in [1.165, 1.54) is 11.8 Å². The third-order valence-corrected chi connectivity index (χ3v) is 5.99. The summed E-state index contributed by atoms with van der Waals surface area (Å²) in [5.74, 6) is 0.444. The number of thiocarbonyl (C=S) groups is 1. The molecule has 1 heterocycles. The molecular weight excluding hydrogens is 473 g/mol. The largest absolute Gasteiger partial charge is 0.436 e. The highest BCUT2D eigenvalue weighted by atomic mass is 35.5. The van der Waals surface area contributed by atoms with Gasteiger partial charge in [-0.25, -0.2) is 4.98 Å². The zero-order chi connectivity index (χ0) is 21.8. The highest BCUT2D eigenvalue weighted by Gasteiger charge is 2.12. The van der Waals surface area contributed by atoms with E-state index in [0.29, 0.717) is 27.2 Å². The van der Waals surface area contributed by atoms with E-state index in [9.17, 15) is 4.79 Å². The quantitative estimate of drug-likeness (QED) is 0.250. The van der Waals surface area contributed by atoms with E-state index >= 15 is 0 Å². The molecule has 0 aliphatic heterocycles. The van der Waals surface area contributed by atoms with Crippen molar-refractivity contribution in [2.45, 2.75) is 4.90 Å². The maximum Gasteiger partial charge on any atom is 0.236 e. The summed E-state index contributed by atoms with van der Waals surface area (Å²) in [4.78, 5) is 17.6. The monoisotopic (exact) mass is 487 g/mol. The van der Waals surface area contributed by atoms with Gasteiger partial charge < -0.3 is 15.1 Å². The van der Waals surface area contributed by atoms with E-state index in [1.807, 2.05) is 42.5 Å². The summed E-state index contributed by atoms with van der Waals surface area (Å²) in [6.45, 7) is 0. The number of fused-ring (bicyclic) bond motifs is 1. The van der Waals surface area contributed by atoms with Gasteiger partial charge in [0, 0.05) is 15.5 Å². The molecule has 4 aromatic rings. The van der Waals surface area contributed by atoms with Crippen LogP contribution >= 0.6 is 47.2 Å². The summed E-state index contributed by atoms with van der Waals surface area (Å²) in [6, 6.07) is 20.1. The summed E-state index contributed by atoms with van der Waals surface area (Å²) in [6.07, 6.45) is 0. The first-order valence-corrected chi connectivity index (χ1v) is 11.3. The van der Waals surface area contributed by atoms with Crippen LogP contribution in [0.1, 0.15) is 0 Å². The Labute approximate surface area is 198 Å². The lowest BCUT2D eigenvalue weighted by Crippen LogP contribution is -2.35. The fraction of sp³-hybridized carbons (Fsp3) is 0.0455. The van der Waals surface area contributed by atoms with Crippen molar-refractivity contribution in [3.05, 3.63) is 76.8 Å². The molecule has 0 bridgehead atoms. The van der Waals surface area contributed by atoms with Crippen molar-refractivity contribution in [1.29, 1.82) is 0 Å². The number of anilines is 1. The lowest BCUT2D eigenvalue weighted by molar-refractivity contribution is -0.117. The fourth-order valence-corrected chi connectivity index (χ4v) is 3.96. The van der Waals surface area contributed by atoms with Crippen molar-refractivity contribution < 1.29 is 9.21 Å².